The smallest absolute Gasteiger partial charge is 0.226 e. The first-order valence-electron chi connectivity index (χ1n) is 8.93. The molecule has 29 heavy (non-hydrogen) atoms. The van der Waals surface area contributed by atoms with Crippen LogP contribution in [-0.2, 0) is 29.0 Å². The maximum Gasteiger partial charge on any atom is 0.226 e. The molecule has 0 unspecified atom stereocenters. The van der Waals surface area contributed by atoms with Gasteiger partial charge in [0.25, 0.3) is 0 Å². The first kappa shape index (κ1) is 20.9. The Morgan fingerprint density at radius 1 is 0.690 bits per heavy atom. The minimum atomic E-state index is -0.455. The van der Waals surface area contributed by atoms with Crippen molar-refractivity contribution in [1.29, 1.82) is 0 Å². The minimum absolute atomic E-state index is 0.0909. The van der Waals surface area contributed by atoms with E-state index in [0.717, 1.165) is 16.7 Å². The standard InChI is InChI=1S/C23H18Cl2O4/c24-22(26)13-16-6-9-19(10-7-16)29-21-12-18(14-23(25)27)8-11-20(21)28-15-17-4-2-1-3-5-17/h1-12H,13-15H2. The summed E-state index contributed by atoms with van der Waals surface area (Å²) in [4.78, 5) is 22.3. The first-order valence-corrected chi connectivity index (χ1v) is 9.68. The lowest BCUT2D eigenvalue weighted by molar-refractivity contribution is -0.111. The lowest BCUT2D eigenvalue weighted by atomic mass is 10.1. The predicted molar refractivity (Wildman–Crippen MR) is 113 cm³/mol. The van der Waals surface area contributed by atoms with Gasteiger partial charge in [-0.15, -0.1) is 0 Å². The number of ether oxygens (including phenoxy) is 2. The summed E-state index contributed by atoms with van der Waals surface area (Å²) in [6.07, 6.45) is 0.244. The highest BCUT2D eigenvalue weighted by molar-refractivity contribution is 6.64. The van der Waals surface area contributed by atoms with E-state index in [1.165, 1.54) is 0 Å². The number of carbonyl (C=O) groups is 2. The number of carbonyl (C=O) groups excluding carboxylic acids is 2. The van der Waals surface area contributed by atoms with Crippen molar-refractivity contribution < 1.29 is 19.1 Å². The Morgan fingerprint density at radius 3 is 1.97 bits per heavy atom. The number of rotatable bonds is 9. The van der Waals surface area contributed by atoms with E-state index in [1.54, 1.807) is 42.5 Å². The second kappa shape index (κ2) is 10.1. The summed E-state index contributed by atoms with van der Waals surface area (Å²) in [6.45, 7) is 0.377. The van der Waals surface area contributed by atoms with Crippen LogP contribution in [0.2, 0.25) is 0 Å². The third kappa shape index (κ3) is 6.63. The second-order valence-corrected chi connectivity index (χ2v) is 7.21. The maximum absolute atomic E-state index is 11.3. The van der Waals surface area contributed by atoms with Gasteiger partial charge in [0.1, 0.15) is 12.4 Å². The normalized spacial score (nSPS) is 10.4. The molecule has 6 heteroatoms. The molecule has 0 amide bonds. The fourth-order valence-corrected chi connectivity index (χ4v) is 3.03. The van der Waals surface area contributed by atoms with Crippen molar-refractivity contribution in [1.82, 2.24) is 0 Å². The summed E-state index contributed by atoms with van der Waals surface area (Å²) >= 11 is 10.9. The number of benzene rings is 3. The number of halogens is 2. The van der Waals surface area contributed by atoms with Crippen LogP contribution in [0.5, 0.6) is 17.2 Å². The molecule has 0 spiro atoms. The minimum Gasteiger partial charge on any atom is -0.485 e. The summed E-state index contributed by atoms with van der Waals surface area (Å²) < 4.78 is 11.9. The average Bonchev–Trinajstić information content (AvgIpc) is 2.69. The molecule has 148 valence electrons. The Bertz CT molecular complexity index is 986. The van der Waals surface area contributed by atoms with Crippen molar-refractivity contribution in [2.24, 2.45) is 0 Å². The summed E-state index contributed by atoms with van der Waals surface area (Å²) in [5.41, 5.74) is 2.53. The van der Waals surface area contributed by atoms with Gasteiger partial charge in [-0.25, -0.2) is 0 Å². The maximum atomic E-state index is 11.3. The van der Waals surface area contributed by atoms with E-state index in [2.05, 4.69) is 0 Å². The van der Waals surface area contributed by atoms with Gasteiger partial charge in [-0.3, -0.25) is 9.59 Å². The summed E-state index contributed by atoms with van der Waals surface area (Å²) in [6, 6.07) is 22.1. The number of hydrogen-bond acceptors (Lipinski definition) is 4. The highest BCUT2D eigenvalue weighted by atomic mass is 35.5. The third-order valence-corrected chi connectivity index (χ3v) is 4.35. The fraction of sp³-hybridized carbons (Fsp3) is 0.130. The zero-order chi connectivity index (χ0) is 20.6. The SMILES string of the molecule is O=C(Cl)Cc1ccc(Oc2cc(CC(=O)Cl)ccc2OCc2ccccc2)cc1. The van der Waals surface area contributed by atoms with Gasteiger partial charge in [0.15, 0.2) is 11.5 Å². The average molecular weight is 429 g/mol. The molecule has 0 aliphatic rings. The van der Waals surface area contributed by atoms with Crippen LogP contribution in [0.4, 0.5) is 0 Å². The molecule has 0 radical (unpaired) electrons. The van der Waals surface area contributed by atoms with Crippen molar-refractivity contribution in [2.75, 3.05) is 0 Å². The van der Waals surface area contributed by atoms with Crippen LogP contribution in [-0.4, -0.2) is 10.5 Å². The van der Waals surface area contributed by atoms with Gasteiger partial charge in [-0.2, -0.15) is 0 Å². The van der Waals surface area contributed by atoms with E-state index in [0.29, 0.717) is 23.9 Å². The summed E-state index contributed by atoms with van der Waals surface area (Å²) in [5, 5.41) is -0.877. The molecule has 0 bridgehead atoms. The molecule has 0 aliphatic heterocycles. The quantitative estimate of drug-likeness (QED) is 0.411. The van der Waals surface area contributed by atoms with Gasteiger partial charge < -0.3 is 9.47 Å². The van der Waals surface area contributed by atoms with Crippen LogP contribution < -0.4 is 9.47 Å². The Labute approximate surface area is 179 Å². The molecule has 0 N–H and O–H groups in total. The van der Waals surface area contributed by atoms with Crippen LogP contribution in [0.1, 0.15) is 16.7 Å². The van der Waals surface area contributed by atoms with Crippen molar-refractivity contribution in [3.05, 3.63) is 89.5 Å². The van der Waals surface area contributed by atoms with Crippen molar-refractivity contribution >= 4 is 33.7 Å². The molecule has 4 nitrogen and oxygen atoms in total. The van der Waals surface area contributed by atoms with Crippen LogP contribution in [0, 0.1) is 0 Å². The first-order chi connectivity index (χ1) is 14.0. The van der Waals surface area contributed by atoms with E-state index < -0.39 is 10.5 Å². The molecule has 0 heterocycles. The molecule has 0 fully saturated rings. The summed E-state index contributed by atoms with van der Waals surface area (Å²) in [7, 11) is 0. The van der Waals surface area contributed by atoms with Crippen LogP contribution in [0.15, 0.2) is 72.8 Å². The molecular formula is C23H18Cl2O4. The molecule has 0 atom stereocenters. The zero-order valence-corrected chi connectivity index (χ0v) is 17.0. The van der Waals surface area contributed by atoms with Crippen LogP contribution >= 0.6 is 23.2 Å². The highest BCUT2D eigenvalue weighted by Crippen LogP contribution is 2.33. The van der Waals surface area contributed by atoms with E-state index in [9.17, 15) is 9.59 Å². The topological polar surface area (TPSA) is 52.6 Å². The van der Waals surface area contributed by atoms with Crippen LogP contribution in [0.25, 0.3) is 0 Å². The lowest BCUT2D eigenvalue weighted by Crippen LogP contribution is -2.00. The Hall–Kier alpha value is -2.82. The molecule has 0 aliphatic carbocycles. The molecule has 3 aromatic carbocycles. The van der Waals surface area contributed by atoms with E-state index in [4.69, 9.17) is 32.7 Å². The van der Waals surface area contributed by atoms with E-state index in [-0.39, 0.29) is 12.8 Å². The van der Waals surface area contributed by atoms with E-state index >= 15 is 0 Å². The molecule has 0 saturated heterocycles. The van der Waals surface area contributed by atoms with Gasteiger partial charge in [0.05, 0.1) is 0 Å². The van der Waals surface area contributed by atoms with Gasteiger partial charge in [0, 0.05) is 12.8 Å². The molecular weight excluding hydrogens is 411 g/mol. The predicted octanol–water partition coefficient (Wildman–Crippen LogP) is 5.67. The second-order valence-electron chi connectivity index (χ2n) is 6.37. The molecule has 3 rings (SSSR count). The van der Waals surface area contributed by atoms with E-state index in [1.807, 2.05) is 30.3 Å². The zero-order valence-electron chi connectivity index (χ0n) is 15.4. The summed E-state index contributed by atoms with van der Waals surface area (Å²) in [5.74, 6) is 1.58. The van der Waals surface area contributed by atoms with Crippen LogP contribution in [0.3, 0.4) is 0 Å². The van der Waals surface area contributed by atoms with Gasteiger partial charge in [0.2, 0.25) is 10.5 Å². The molecule has 0 aromatic heterocycles. The van der Waals surface area contributed by atoms with Gasteiger partial charge in [-0.1, -0.05) is 48.5 Å². The van der Waals surface area contributed by atoms with Gasteiger partial charge in [-0.05, 0) is 64.2 Å². The Kier molecular flexibility index (Phi) is 7.28. The Morgan fingerprint density at radius 2 is 1.31 bits per heavy atom. The fourth-order valence-electron chi connectivity index (χ4n) is 2.72. The van der Waals surface area contributed by atoms with Crippen molar-refractivity contribution in [2.45, 2.75) is 19.4 Å². The van der Waals surface area contributed by atoms with Crippen molar-refractivity contribution in [3.63, 3.8) is 0 Å². The molecule has 3 aromatic rings. The molecule has 0 saturated carbocycles. The monoisotopic (exact) mass is 428 g/mol. The van der Waals surface area contributed by atoms with Crippen molar-refractivity contribution in [3.8, 4) is 17.2 Å². The number of hydrogen-bond donors (Lipinski definition) is 0. The third-order valence-electron chi connectivity index (χ3n) is 4.08. The lowest BCUT2D eigenvalue weighted by Gasteiger charge is -2.14. The highest BCUT2D eigenvalue weighted by Gasteiger charge is 2.11. The van der Waals surface area contributed by atoms with Gasteiger partial charge >= 0.3 is 0 Å². The largest absolute Gasteiger partial charge is 0.485 e. The Balaban J connectivity index is 1.80.